The molecule has 0 aliphatic carbocycles. The molecule has 0 radical (unpaired) electrons. The van der Waals surface area contributed by atoms with Crippen molar-refractivity contribution < 1.29 is 23.5 Å². The second-order valence-electron chi connectivity index (χ2n) is 7.67. The van der Waals surface area contributed by atoms with E-state index in [4.69, 9.17) is 4.74 Å². The van der Waals surface area contributed by atoms with Gasteiger partial charge in [0.25, 0.3) is 0 Å². The van der Waals surface area contributed by atoms with Gasteiger partial charge in [-0.3, -0.25) is 9.59 Å². The summed E-state index contributed by atoms with van der Waals surface area (Å²) in [4.78, 5) is 37.3. The normalized spacial score (nSPS) is 16.0. The molecule has 0 saturated carbocycles. The molecular weight excluding hydrogens is 389 g/mol. The monoisotopic (exact) mass is 413 g/mol. The second kappa shape index (κ2) is 8.94. The smallest absolute Gasteiger partial charge is 0.408 e. The fourth-order valence-corrected chi connectivity index (χ4v) is 3.09. The van der Waals surface area contributed by atoms with Crippen molar-refractivity contribution in [3.05, 3.63) is 65.5 Å². The SMILES string of the molecule is CC(C)(NC(=O)OCc1ccccc1)C(=O)N[C@@H]1CCc2cc(F)ccc2NC1=O. The van der Waals surface area contributed by atoms with Crippen LogP contribution in [-0.4, -0.2) is 29.5 Å². The van der Waals surface area contributed by atoms with E-state index in [-0.39, 0.29) is 12.4 Å². The van der Waals surface area contributed by atoms with Crippen molar-refractivity contribution in [1.82, 2.24) is 10.6 Å². The molecule has 0 aromatic heterocycles. The van der Waals surface area contributed by atoms with Crippen molar-refractivity contribution in [2.75, 3.05) is 5.32 Å². The first-order valence-electron chi connectivity index (χ1n) is 9.64. The third kappa shape index (κ3) is 5.34. The van der Waals surface area contributed by atoms with E-state index in [9.17, 15) is 18.8 Å². The average molecular weight is 413 g/mol. The Balaban J connectivity index is 1.56. The molecular formula is C22H24FN3O4. The largest absolute Gasteiger partial charge is 0.445 e. The number of anilines is 1. The van der Waals surface area contributed by atoms with Crippen molar-refractivity contribution in [3.63, 3.8) is 0 Å². The topological polar surface area (TPSA) is 96.5 Å². The van der Waals surface area contributed by atoms with E-state index in [2.05, 4.69) is 16.0 Å². The standard InChI is InChI=1S/C22H24FN3O4/c1-22(2,26-21(29)30-13-14-6-4-3-5-7-14)20(28)25-18-10-8-15-12-16(23)9-11-17(15)24-19(18)27/h3-7,9,11-12,18H,8,10,13H2,1-2H3,(H,24,27)(H,25,28)(H,26,29)/t18-/m1/s1. The molecule has 1 aliphatic heterocycles. The lowest BCUT2D eigenvalue weighted by atomic mass is 10.0. The summed E-state index contributed by atoms with van der Waals surface area (Å²) in [6.45, 7) is 3.11. The zero-order chi connectivity index (χ0) is 21.7. The van der Waals surface area contributed by atoms with E-state index in [1.807, 2.05) is 30.3 Å². The van der Waals surface area contributed by atoms with E-state index < -0.39 is 29.5 Å². The van der Waals surface area contributed by atoms with Crippen molar-refractivity contribution in [2.45, 2.75) is 44.9 Å². The maximum absolute atomic E-state index is 13.4. The predicted molar refractivity (Wildman–Crippen MR) is 109 cm³/mol. The summed E-state index contributed by atoms with van der Waals surface area (Å²) in [5, 5.41) is 7.88. The molecule has 8 heteroatoms. The highest BCUT2D eigenvalue weighted by Gasteiger charge is 2.34. The highest BCUT2D eigenvalue weighted by atomic mass is 19.1. The second-order valence-corrected chi connectivity index (χ2v) is 7.67. The van der Waals surface area contributed by atoms with Crippen LogP contribution in [0.4, 0.5) is 14.9 Å². The number of ether oxygens (including phenoxy) is 1. The Morgan fingerprint density at radius 3 is 2.67 bits per heavy atom. The minimum absolute atomic E-state index is 0.0736. The molecule has 1 aliphatic rings. The Labute approximate surface area is 174 Å². The first-order chi connectivity index (χ1) is 14.2. The van der Waals surface area contributed by atoms with Crippen LogP contribution in [0.5, 0.6) is 0 Å². The molecule has 1 heterocycles. The summed E-state index contributed by atoms with van der Waals surface area (Å²) in [7, 11) is 0. The Kier molecular flexibility index (Phi) is 6.34. The fourth-order valence-electron chi connectivity index (χ4n) is 3.09. The van der Waals surface area contributed by atoms with Crippen LogP contribution in [0.3, 0.4) is 0 Å². The Morgan fingerprint density at radius 2 is 1.93 bits per heavy atom. The minimum atomic E-state index is -1.31. The van der Waals surface area contributed by atoms with Crippen molar-refractivity contribution in [2.24, 2.45) is 0 Å². The lowest BCUT2D eigenvalue weighted by Crippen LogP contribution is -2.58. The Morgan fingerprint density at radius 1 is 1.20 bits per heavy atom. The molecule has 158 valence electrons. The summed E-state index contributed by atoms with van der Waals surface area (Å²) in [5.41, 5.74) is 0.710. The van der Waals surface area contributed by atoms with E-state index in [0.29, 0.717) is 24.1 Å². The molecule has 2 aromatic rings. The number of amides is 3. The minimum Gasteiger partial charge on any atom is -0.445 e. The van der Waals surface area contributed by atoms with Crippen LogP contribution in [0.1, 0.15) is 31.4 Å². The van der Waals surface area contributed by atoms with E-state index >= 15 is 0 Å². The number of fused-ring (bicyclic) bond motifs is 1. The van der Waals surface area contributed by atoms with Crippen molar-refractivity contribution in [3.8, 4) is 0 Å². The maximum Gasteiger partial charge on any atom is 0.408 e. The van der Waals surface area contributed by atoms with Crippen LogP contribution in [0.2, 0.25) is 0 Å². The quantitative estimate of drug-likeness (QED) is 0.702. The zero-order valence-corrected chi connectivity index (χ0v) is 16.8. The van der Waals surface area contributed by atoms with Crippen LogP contribution in [0.25, 0.3) is 0 Å². The summed E-state index contributed by atoms with van der Waals surface area (Å²) in [6, 6.07) is 12.5. The van der Waals surface area contributed by atoms with Crippen LogP contribution in [0, 0.1) is 5.82 Å². The molecule has 2 aromatic carbocycles. The lowest BCUT2D eigenvalue weighted by molar-refractivity contribution is -0.130. The number of rotatable bonds is 5. The van der Waals surface area contributed by atoms with Gasteiger partial charge >= 0.3 is 6.09 Å². The third-order valence-electron chi connectivity index (χ3n) is 4.84. The van der Waals surface area contributed by atoms with Gasteiger partial charge in [-0.15, -0.1) is 0 Å². The molecule has 1 atom stereocenters. The number of alkyl carbamates (subject to hydrolysis) is 1. The van der Waals surface area contributed by atoms with Gasteiger partial charge in [-0.05, 0) is 56.0 Å². The van der Waals surface area contributed by atoms with Gasteiger partial charge in [0.15, 0.2) is 0 Å². The van der Waals surface area contributed by atoms with Gasteiger partial charge in [-0.1, -0.05) is 30.3 Å². The number of hydrogen-bond acceptors (Lipinski definition) is 4. The van der Waals surface area contributed by atoms with Crippen LogP contribution in [0.15, 0.2) is 48.5 Å². The zero-order valence-electron chi connectivity index (χ0n) is 16.8. The third-order valence-corrected chi connectivity index (χ3v) is 4.84. The molecule has 30 heavy (non-hydrogen) atoms. The van der Waals surface area contributed by atoms with Gasteiger partial charge in [0, 0.05) is 5.69 Å². The molecule has 3 amide bonds. The molecule has 3 N–H and O–H groups in total. The van der Waals surface area contributed by atoms with Gasteiger partial charge in [0.05, 0.1) is 0 Å². The molecule has 0 saturated heterocycles. The maximum atomic E-state index is 13.4. The molecule has 0 spiro atoms. The van der Waals surface area contributed by atoms with E-state index in [0.717, 1.165) is 5.56 Å². The first-order valence-corrected chi connectivity index (χ1v) is 9.64. The van der Waals surface area contributed by atoms with Gasteiger partial charge in [-0.2, -0.15) is 0 Å². The van der Waals surface area contributed by atoms with Crippen LogP contribution >= 0.6 is 0 Å². The Hall–Kier alpha value is -3.42. The Bertz CT molecular complexity index is 947. The van der Waals surface area contributed by atoms with Gasteiger partial charge in [0.2, 0.25) is 11.8 Å². The number of carbonyl (C=O) groups is 3. The molecule has 3 rings (SSSR count). The highest BCUT2D eigenvalue weighted by molar-refractivity contribution is 6.00. The highest BCUT2D eigenvalue weighted by Crippen LogP contribution is 2.23. The van der Waals surface area contributed by atoms with Crippen molar-refractivity contribution in [1.29, 1.82) is 0 Å². The number of nitrogens with one attached hydrogen (secondary N) is 3. The summed E-state index contributed by atoms with van der Waals surface area (Å²) in [6.07, 6.45) is -0.0148. The fraction of sp³-hybridized carbons (Fsp3) is 0.318. The van der Waals surface area contributed by atoms with Crippen LogP contribution in [-0.2, 0) is 27.4 Å². The first kappa shape index (κ1) is 21.3. The van der Waals surface area contributed by atoms with Gasteiger partial charge in [-0.25, -0.2) is 9.18 Å². The van der Waals surface area contributed by atoms with E-state index in [1.165, 1.54) is 32.0 Å². The molecule has 0 bridgehead atoms. The molecule has 7 nitrogen and oxygen atoms in total. The number of carbonyl (C=O) groups excluding carboxylic acids is 3. The molecule has 0 fully saturated rings. The van der Waals surface area contributed by atoms with Gasteiger partial charge in [0.1, 0.15) is 24.0 Å². The van der Waals surface area contributed by atoms with Gasteiger partial charge < -0.3 is 20.7 Å². The van der Waals surface area contributed by atoms with Crippen molar-refractivity contribution >= 4 is 23.6 Å². The summed E-state index contributed by atoms with van der Waals surface area (Å²) >= 11 is 0. The number of aryl methyl sites for hydroxylation is 1. The van der Waals surface area contributed by atoms with E-state index in [1.54, 1.807) is 0 Å². The lowest BCUT2D eigenvalue weighted by Gasteiger charge is -2.27. The summed E-state index contributed by atoms with van der Waals surface area (Å²) in [5.74, 6) is -1.31. The summed E-state index contributed by atoms with van der Waals surface area (Å²) < 4.78 is 18.6. The number of hydrogen-bond donors (Lipinski definition) is 3. The predicted octanol–water partition coefficient (Wildman–Crippen LogP) is 2.90. The molecule has 0 unspecified atom stereocenters. The number of halogens is 1. The average Bonchev–Trinajstić information content (AvgIpc) is 2.85. The van der Waals surface area contributed by atoms with Crippen LogP contribution < -0.4 is 16.0 Å². The number of benzene rings is 2.